The maximum Gasteiger partial charge on any atom is 0.0277 e. The quantitative estimate of drug-likeness (QED) is 0.769. The van der Waals surface area contributed by atoms with Crippen LogP contribution in [-0.4, -0.2) is 5.75 Å². The molecule has 0 aliphatic carbocycles. The molecule has 2 N–H and O–H groups in total. The Bertz CT molecular complexity index is 281. The zero-order chi connectivity index (χ0) is 10.6. The Morgan fingerprint density at radius 3 is 2.43 bits per heavy atom. The predicted molar refractivity (Wildman–Crippen MR) is 64.6 cm³/mol. The Balaban J connectivity index is 2.74. The number of hydrogen-bond donors (Lipinski definition) is 1. The first-order chi connectivity index (χ1) is 6.61. The van der Waals surface area contributed by atoms with Crippen molar-refractivity contribution in [1.82, 2.24) is 0 Å². The van der Waals surface area contributed by atoms with E-state index in [1.165, 1.54) is 10.5 Å². The van der Waals surface area contributed by atoms with Crippen LogP contribution in [0.15, 0.2) is 29.2 Å². The molecule has 0 aliphatic heterocycles. The Morgan fingerprint density at radius 2 is 1.86 bits per heavy atom. The number of benzene rings is 1. The van der Waals surface area contributed by atoms with Crippen molar-refractivity contribution in [2.75, 3.05) is 5.75 Å². The van der Waals surface area contributed by atoms with E-state index in [2.05, 4.69) is 38.1 Å². The maximum absolute atomic E-state index is 5.91. The Kier molecular flexibility index (Phi) is 4.49. The van der Waals surface area contributed by atoms with Crippen molar-refractivity contribution in [2.45, 2.75) is 31.7 Å². The van der Waals surface area contributed by atoms with E-state index in [1.807, 2.05) is 18.7 Å². The van der Waals surface area contributed by atoms with Crippen molar-refractivity contribution >= 4 is 11.8 Å². The van der Waals surface area contributed by atoms with Crippen LogP contribution >= 0.6 is 11.8 Å². The van der Waals surface area contributed by atoms with E-state index in [-0.39, 0.29) is 6.04 Å². The minimum absolute atomic E-state index is 0.130. The summed E-state index contributed by atoms with van der Waals surface area (Å²) in [6.45, 7) is 6.51. The fourth-order valence-corrected chi connectivity index (χ4v) is 2.35. The molecule has 0 spiro atoms. The predicted octanol–water partition coefficient (Wildman–Crippen LogP) is 3.45. The second-order valence-corrected chi connectivity index (χ2v) is 5.09. The van der Waals surface area contributed by atoms with E-state index in [4.69, 9.17) is 5.73 Å². The average molecular weight is 209 g/mol. The van der Waals surface area contributed by atoms with Crippen molar-refractivity contribution in [3.8, 4) is 0 Å². The molecule has 0 radical (unpaired) electrons. The lowest BCUT2D eigenvalue weighted by Gasteiger charge is -2.12. The molecular weight excluding hydrogens is 190 g/mol. The van der Waals surface area contributed by atoms with Crippen LogP contribution in [0.2, 0.25) is 0 Å². The van der Waals surface area contributed by atoms with Gasteiger partial charge in [-0.15, -0.1) is 11.8 Å². The van der Waals surface area contributed by atoms with Gasteiger partial charge in [0.1, 0.15) is 0 Å². The van der Waals surface area contributed by atoms with Gasteiger partial charge in [0, 0.05) is 16.7 Å². The number of thioether (sulfide) groups is 1. The summed E-state index contributed by atoms with van der Waals surface area (Å²) in [6, 6.07) is 8.54. The zero-order valence-electron chi connectivity index (χ0n) is 9.16. The molecule has 0 amide bonds. The van der Waals surface area contributed by atoms with Crippen LogP contribution in [0.1, 0.15) is 32.4 Å². The van der Waals surface area contributed by atoms with Gasteiger partial charge >= 0.3 is 0 Å². The molecule has 0 aliphatic rings. The van der Waals surface area contributed by atoms with E-state index >= 15 is 0 Å². The van der Waals surface area contributed by atoms with Gasteiger partial charge in [-0.2, -0.15) is 0 Å². The summed E-state index contributed by atoms with van der Waals surface area (Å²) in [4.78, 5) is 1.33. The second-order valence-electron chi connectivity index (χ2n) is 4.03. The van der Waals surface area contributed by atoms with E-state index in [0.29, 0.717) is 0 Å². The highest BCUT2D eigenvalue weighted by Gasteiger charge is 2.06. The maximum atomic E-state index is 5.91. The molecule has 2 heteroatoms. The van der Waals surface area contributed by atoms with Gasteiger partial charge in [0.05, 0.1) is 0 Å². The molecule has 1 rings (SSSR count). The highest BCUT2D eigenvalue weighted by molar-refractivity contribution is 7.99. The standard InChI is InChI=1S/C12H19NS/c1-9(2)8-14-12-7-5-4-6-11(12)10(3)13/h4-7,9-10H,8,13H2,1-3H3/t10-/m1/s1. The molecule has 0 bridgehead atoms. The van der Waals surface area contributed by atoms with Crippen LogP contribution in [0.3, 0.4) is 0 Å². The minimum Gasteiger partial charge on any atom is -0.324 e. The topological polar surface area (TPSA) is 26.0 Å². The smallest absolute Gasteiger partial charge is 0.0277 e. The normalized spacial score (nSPS) is 13.2. The summed E-state index contributed by atoms with van der Waals surface area (Å²) in [5, 5.41) is 0. The molecule has 78 valence electrons. The number of rotatable bonds is 4. The third kappa shape index (κ3) is 3.35. The van der Waals surface area contributed by atoms with Gasteiger partial charge in [-0.05, 0) is 24.5 Å². The molecule has 0 unspecified atom stereocenters. The van der Waals surface area contributed by atoms with Crippen LogP contribution in [-0.2, 0) is 0 Å². The molecule has 0 fully saturated rings. The molecule has 14 heavy (non-hydrogen) atoms. The second kappa shape index (κ2) is 5.42. The molecule has 0 aromatic heterocycles. The van der Waals surface area contributed by atoms with Crippen molar-refractivity contribution in [2.24, 2.45) is 11.7 Å². The van der Waals surface area contributed by atoms with Crippen molar-refractivity contribution in [3.05, 3.63) is 29.8 Å². The van der Waals surface area contributed by atoms with Gasteiger partial charge in [0.25, 0.3) is 0 Å². The highest BCUT2D eigenvalue weighted by atomic mass is 32.2. The number of hydrogen-bond acceptors (Lipinski definition) is 2. The molecular formula is C12H19NS. The van der Waals surface area contributed by atoms with Crippen LogP contribution in [0.4, 0.5) is 0 Å². The largest absolute Gasteiger partial charge is 0.324 e. The van der Waals surface area contributed by atoms with Crippen molar-refractivity contribution in [3.63, 3.8) is 0 Å². The average Bonchev–Trinajstić information content (AvgIpc) is 2.15. The minimum atomic E-state index is 0.130. The molecule has 1 aromatic rings. The van der Waals surface area contributed by atoms with Crippen LogP contribution < -0.4 is 5.73 Å². The zero-order valence-corrected chi connectivity index (χ0v) is 9.97. The summed E-state index contributed by atoms with van der Waals surface area (Å²) >= 11 is 1.90. The van der Waals surface area contributed by atoms with Gasteiger partial charge in [0.2, 0.25) is 0 Å². The van der Waals surface area contributed by atoms with E-state index in [1.54, 1.807) is 0 Å². The third-order valence-corrected chi connectivity index (χ3v) is 3.50. The third-order valence-electron chi connectivity index (χ3n) is 1.98. The first-order valence-corrected chi connectivity index (χ1v) is 6.07. The van der Waals surface area contributed by atoms with E-state index < -0.39 is 0 Å². The lowest BCUT2D eigenvalue weighted by molar-refractivity contribution is 0.748. The molecule has 0 heterocycles. The first-order valence-electron chi connectivity index (χ1n) is 5.08. The van der Waals surface area contributed by atoms with Crippen LogP contribution in [0.25, 0.3) is 0 Å². The SMILES string of the molecule is CC(C)CSc1ccccc1[C@@H](C)N. The highest BCUT2D eigenvalue weighted by Crippen LogP contribution is 2.27. The first kappa shape index (κ1) is 11.6. The van der Waals surface area contributed by atoms with Gasteiger partial charge < -0.3 is 5.73 Å². The van der Waals surface area contributed by atoms with E-state index in [9.17, 15) is 0 Å². The van der Waals surface area contributed by atoms with Gasteiger partial charge in [-0.25, -0.2) is 0 Å². The molecule has 0 saturated carbocycles. The van der Waals surface area contributed by atoms with Crippen molar-refractivity contribution < 1.29 is 0 Å². The summed E-state index contributed by atoms with van der Waals surface area (Å²) in [7, 11) is 0. The van der Waals surface area contributed by atoms with Crippen LogP contribution in [0.5, 0.6) is 0 Å². The van der Waals surface area contributed by atoms with Gasteiger partial charge in [-0.3, -0.25) is 0 Å². The molecule has 0 saturated heterocycles. The van der Waals surface area contributed by atoms with E-state index in [0.717, 1.165) is 11.7 Å². The summed E-state index contributed by atoms with van der Waals surface area (Å²) in [5.74, 6) is 1.88. The Labute approximate surface area is 91.1 Å². The Morgan fingerprint density at radius 1 is 1.21 bits per heavy atom. The van der Waals surface area contributed by atoms with Gasteiger partial charge in [0.15, 0.2) is 0 Å². The molecule has 1 nitrogen and oxygen atoms in total. The fraction of sp³-hybridized carbons (Fsp3) is 0.500. The Hall–Kier alpha value is -0.470. The summed E-state index contributed by atoms with van der Waals surface area (Å²) in [5.41, 5.74) is 7.17. The van der Waals surface area contributed by atoms with Crippen LogP contribution in [0, 0.1) is 5.92 Å². The lowest BCUT2D eigenvalue weighted by atomic mass is 10.1. The fourth-order valence-electron chi connectivity index (χ4n) is 1.24. The lowest BCUT2D eigenvalue weighted by Crippen LogP contribution is -2.06. The summed E-state index contributed by atoms with van der Waals surface area (Å²) < 4.78 is 0. The summed E-state index contributed by atoms with van der Waals surface area (Å²) in [6.07, 6.45) is 0. The van der Waals surface area contributed by atoms with Crippen molar-refractivity contribution in [1.29, 1.82) is 0 Å². The van der Waals surface area contributed by atoms with Gasteiger partial charge in [-0.1, -0.05) is 32.0 Å². The number of nitrogens with two attached hydrogens (primary N) is 1. The molecule has 1 atom stereocenters. The monoisotopic (exact) mass is 209 g/mol. The molecule has 1 aromatic carbocycles.